The summed E-state index contributed by atoms with van der Waals surface area (Å²) >= 11 is 0. The highest BCUT2D eigenvalue weighted by molar-refractivity contribution is 7.87. The van der Waals surface area contributed by atoms with Crippen molar-refractivity contribution in [2.45, 2.75) is 9.79 Å². The molecule has 0 atom stereocenters. The minimum absolute atomic E-state index is 0.146. The second kappa shape index (κ2) is 6.33. The number of carbonyl (C=O) groups excluding carboxylic acids is 1. The summed E-state index contributed by atoms with van der Waals surface area (Å²) in [6.07, 6.45) is 0. The lowest BCUT2D eigenvalue weighted by Gasteiger charge is -2.12. The molecule has 0 aliphatic carbocycles. The average molecular weight is 387 g/mol. The van der Waals surface area contributed by atoms with Gasteiger partial charge in [0.25, 0.3) is 26.1 Å². The van der Waals surface area contributed by atoms with Crippen molar-refractivity contribution in [3.05, 3.63) is 42.0 Å². The molecule has 2 rings (SSSR count). The molecule has 0 radical (unpaired) electrons. The molecule has 10 nitrogen and oxygen atoms in total. The summed E-state index contributed by atoms with van der Waals surface area (Å²) in [5.74, 6) is -0.715. The van der Waals surface area contributed by atoms with Gasteiger partial charge in [-0.2, -0.15) is 16.8 Å². The molecular formula is C13H13N3O7S2. The molecule has 0 spiro atoms. The van der Waals surface area contributed by atoms with Crippen LogP contribution in [0, 0.1) is 0 Å². The van der Waals surface area contributed by atoms with E-state index in [1.807, 2.05) is 0 Å². The summed E-state index contributed by atoms with van der Waals surface area (Å²) in [4.78, 5) is 10.2. The monoisotopic (exact) mass is 387 g/mol. The predicted molar refractivity (Wildman–Crippen MR) is 89.3 cm³/mol. The van der Waals surface area contributed by atoms with Crippen LogP contribution >= 0.6 is 0 Å². The third-order valence-electron chi connectivity index (χ3n) is 3.09. The zero-order valence-corrected chi connectivity index (χ0v) is 14.0. The standard InChI is InChI=1S/C13H13N3O7S2/c14-8-3-1-7(2-4-8)13(17)16-9-5-10(24(18,19)20)12(15)11(6-9)25(21,22)23/h1-6H,14-15H2,(H,16,17)(H,18,19,20)(H,21,22,23). The number of anilines is 3. The zero-order chi connectivity index (χ0) is 19.0. The van der Waals surface area contributed by atoms with Crippen molar-refractivity contribution in [2.75, 3.05) is 16.8 Å². The van der Waals surface area contributed by atoms with Gasteiger partial charge in [-0.05, 0) is 36.4 Å². The predicted octanol–water partition coefficient (Wildman–Crippen LogP) is 0.597. The van der Waals surface area contributed by atoms with Crippen LogP contribution in [0.15, 0.2) is 46.2 Å². The molecular weight excluding hydrogens is 374 g/mol. The number of carbonyl (C=O) groups is 1. The zero-order valence-electron chi connectivity index (χ0n) is 12.4. The first kappa shape index (κ1) is 18.7. The Morgan fingerprint density at radius 1 is 0.880 bits per heavy atom. The molecule has 134 valence electrons. The van der Waals surface area contributed by atoms with Gasteiger partial charge in [-0.25, -0.2) is 0 Å². The van der Waals surface area contributed by atoms with Gasteiger partial charge >= 0.3 is 0 Å². The Hall–Kier alpha value is -2.67. The summed E-state index contributed by atoms with van der Waals surface area (Å²) in [5.41, 5.74) is 10.2. The summed E-state index contributed by atoms with van der Waals surface area (Å²) in [6.45, 7) is 0. The molecule has 0 saturated heterocycles. The highest BCUT2D eigenvalue weighted by Crippen LogP contribution is 2.30. The van der Waals surface area contributed by atoms with E-state index < -0.39 is 41.6 Å². The average Bonchev–Trinajstić information content (AvgIpc) is 2.47. The number of hydrogen-bond acceptors (Lipinski definition) is 7. The van der Waals surface area contributed by atoms with Gasteiger partial charge in [-0.15, -0.1) is 0 Å². The Morgan fingerprint density at radius 3 is 1.72 bits per heavy atom. The number of hydrogen-bond donors (Lipinski definition) is 5. The summed E-state index contributed by atoms with van der Waals surface area (Å²) in [6, 6.07) is 7.18. The van der Waals surface area contributed by atoms with Gasteiger partial charge in [0, 0.05) is 16.9 Å². The molecule has 0 heterocycles. The van der Waals surface area contributed by atoms with Gasteiger partial charge in [0.2, 0.25) is 0 Å². The first-order valence-electron chi connectivity index (χ1n) is 6.45. The largest absolute Gasteiger partial charge is 0.399 e. The van der Waals surface area contributed by atoms with E-state index in [0.717, 1.165) is 12.1 Å². The van der Waals surface area contributed by atoms with E-state index in [-0.39, 0.29) is 11.3 Å². The molecule has 0 aliphatic rings. The lowest BCUT2D eigenvalue weighted by Crippen LogP contribution is -2.15. The van der Waals surface area contributed by atoms with Crippen molar-refractivity contribution in [1.29, 1.82) is 0 Å². The lowest BCUT2D eigenvalue weighted by molar-refractivity contribution is 0.102. The Morgan fingerprint density at radius 2 is 1.32 bits per heavy atom. The van der Waals surface area contributed by atoms with Crippen LogP contribution in [0.3, 0.4) is 0 Å². The first-order chi connectivity index (χ1) is 11.4. The maximum atomic E-state index is 12.1. The topological polar surface area (TPSA) is 190 Å². The molecule has 0 aliphatic heterocycles. The molecule has 0 unspecified atom stereocenters. The number of nitrogens with two attached hydrogens (primary N) is 2. The molecule has 0 bridgehead atoms. The van der Waals surface area contributed by atoms with Crippen LogP contribution in [-0.4, -0.2) is 31.8 Å². The van der Waals surface area contributed by atoms with E-state index in [0.29, 0.717) is 5.69 Å². The van der Waals surface area contributed by atoms with E-state index in [1.54, 1.807) is 0 Å². The van der Waals surface area contributed by atoms with Crippen molar-refractivity contribution >= 4 is 43.2 Å². The quantitative estimate of drug-likeness (QED) is 0.369. The van der Waals surface area contributed by atoms with E-state index in [9.17, 15) is 21.6 Å². The molecule has 2 aromatic carbocycles. The van der Waals surface area contributed by atoms with Gasteiger partial charge < -0.3 is 16.8 Å². The third-order valence-corrected chi connectivity index (χ3v) is 4.88. The molecule has 0 fully saturated rings. The van der Waals surface area contributed by atoms with Gasteiger partial charge in [0.15, 0.2) is 0 Å². The second-order valence-corrected chi connectivity index (χ2v) is 7.69. The number of nitrogens with one attached hydrogen (secondary N) is 1. The van der Waals surface area contributed by atoms with Gasteiger partial charge in [-0.3, -0.25) is 13.9 Å². The molecule has 7 N–H and O–H groups in total. The van der Waals surface area contributed by atoms with Crippen LogP contribution in [0.4, 0.5) is 17.1 Å². The molecule has 12 heteroatoms. The van der Waals surface area contributed by atoms with Crippen molar-refractivity contribution in [1.82, 2.24) is 0 Å². The van der Waals surface area contributed by atoms with Crippen molar-refractivity contribution in [2.24, 2.45) is 0 Å². The van der Waals surface area contributed by atoms with Crippen molar-refractivity contribution in [3.63, 3.8) is 0 Å². The van der Waals surface area contributed by atoms with Crippen LogP contribution in [-0.2, 0) is 20.2 Å². The summed E-state index contributed by atoms with van der Waals surface area (Å²) in [7, 11) is -9.83. The molecule has 2 aromatic rings. The lowest BCUT2D eigenvalue weighted by atomic mass is 10.2. The fourth-order valence-corrected chi connectivity index (χ4v) is 3.33. The van der Waals surface area contributed by atoms with E-state index in [2.05, 4.69) is 5.32 Å². The van der Waals surface area contributed by atoms with Crippen molar-refractivity contribution in [3.8, 4) is 0 Å². The van der Waals surface area contributed by atoms with Crippen LogP contribution in [0.25, 0.3) is 0 Å². The SMILES string of the molecule is Nc1ccc(C(=O)Nc2cc(S(=O)(=O)O)c(N)c(S(=O)(=O)O)c2)cc1. The number of benzene rings is 2. The Kier molecular flexibility index (Phi) is 4.72. The van der Waals surface area contributed by atoms with E-state index in [1.165, 1.54) is 24.3 Å². The minimum Gasteiger partial charge on any atom is -0.399 e. The van der Waals surface area contributed by atoms with E-state index >= 15 is 0 Å². The molecule has 0 aromatic heterocycles. The molecule has 25 heavy (non-hydrogen) atoms. The number of nitrogen functional groups attached to an aromatic ring is 2. The molecule has 0 saturated carbocycles. The number of amides is 1. The van der Waals surface area contributed by atoms with Crippen LogP contribution in [0.2, 0.25) is 0 Å². The maximum Gasteiger partial charge on any atom is 0.296 e. The molecule has 1 amide bonds. The smallest absolute Gasteiger partial charge is 0.296 e. The van der Waals surface area contributed by atoms with E-state index in [4.69, 9.17) is 20.6 Å². The Bertz CT molecular complexity index is 993. The highest BCUT2D eigenvalue weighted by Gasteiger charge is 2.24. The number of rotatable bonds is 4. The fraction of sp³-hybridized carbons (Fsp3) is 0. The summed E-state index contributed by atoms with van der Waals surface area (Å²) < 4.78 is 63.7. The van der Waals surface area contributed by atoms with Gasteiger partial charge in [-0.1, -0.05) is 0 Å². The first-order valence-corrected chi connectivity index (χ1v) is 9.33. The van der Waals surface area contributed by atoms with Crippen LogP contribution in [0.5, 0.6) is 0 Å². The van der Waals surface area contributed by atoms with Crippen LogP contribution < -0.4 is 16.8 Å². The van der Waals surface area contributed by atoms with Crippen molar-refractivity contribution < 1.29 is 30.7 Å². The fourth-order valence-electron chi connectivity index (χ4n) is 1.94. The second-order valence-electron chi connectivity index (χ2n) is 4.91. The normalized spacial score (nSPS) is 11.9. The maximum absolute atomic E-state index is 12.1. The summed E-state index contributed by atoms with van der Waals surface area (Å²) in [5, 5.41) is 2.24. The Balaban J connectivity index is 2.54. The minimum atomic E-state index is -4.91. The van der Waals surface area contributed by atoms with Crippen LogP contribution in [0.1, 0.15) is 10.4 Å². The Labute approximate surface area is 143 Å². The van der Waals surface area contributed by atoms with Gasteiger partial charge in [0.1, 0.15) is 9.79 Å². The third kappa shape index (κ3) is 4.24. The highest BCUT2D eigenvalue weighted by atomic mass is 32.2. The van der Waals surface area contributed by atoms with Gasteiger partial charge in [0.05, 0.1) is 5.69 Å².